The summed E-state index contributed by atoms with van der Waals surface area (Å²) in [5, 5.41) is 0. The Hall–Kier alpha value is -0.930. The third kappa shape index (κ3) is 1.46. The molecule has 0 fully saturated rings. The minimum atomic E-state index is 0.0664. The van der Waals surface area contributed by atoms with Crippen LogP contribution < -0.4 is 0 Å². The van der Waals surface area contributed by atoms with Crippen LogP contribution in [0.4, 0.5) is 0 Å². The van der Waals surface area contributed by atoms with Gasteiger partial charge in [0.05, 0.1) is 0 Å². The first-order valence-corrected chi connectivity index (χ1v) is 6.39. The maximum atomic E-state index is 11.8. The lowest BCUT2D eigenvalue weighted by Gasteiger charge is -2.09. The Labute approximate surface area is 110 Å². The summed E-state index contributed by atoms with van der Waals surface area (Å²) in [7, 11) is 0. The third-order valence-corrected chi connectivity index (χ3v) is 3.66. The highest BCUT2D eigenvalue weighted by molar-refractivity contribution is 9.12. The van der Waals surface area contributed by atoms with Crippen molar-refractivity contribution in [1.82, 2.24) is 0 Å². The lowest BCUT2D eigenvalue weighted by molar-refractivity contribution is -0.110. The summed E-state index contributed by atoms with van der Waals surface area (Å²) < 4.78 is 1.86. The van der Waals surface area contributed by atoms with Crippen molar-refractivity contribution in [3.05, 3.63) is 56.0 Å². The molecule has 1 aromatic carbocycles. The number of benzene rings is 1. The SMILES string of the molecule is O=C1C=C(Br)C=C2C1=Cc1cc(Br)ccc12. The maximum Gasteiger partial charge on any atom is 0.187 e. The molecular weight excluding hydrogens is 332 g/mol. The van der Waals surface area contributed by atoms with Crippen LogP contribution in [-0.2, 0) is 4.79 Å². The van der Waals surface area contributed by atoms with Crippen molar-refractivity contribution in [2.75, 3.05) is 0 Å². The van der Waals surface area contributed by atoms with Crippen molar-refractivity contribution in [1.29, 1.82) is 0 Å². The normalized spacial score (nSPS) is 17.4. The Morgan fingerprint density at radius 1 is 0.938 bits per heavy atom. The van der Waals surface area contributed by atoms with E-state index in [0.717, 1.165) is 31.2 Å². The summed E-state index contributed by atoms with van der Waals surface area (Å²) in [5.41, 5.74) is 4.02. The first kappa shape index (κ1) is 10.2. The number of fused-ring (bicyclic) bond motifs is 3. The fourth-order valence-corrected chi connectivity index (χ4v) is 2.83. The average molecular weight is 338 g/mol. The number of rotatable bonds is 0. The number of hydrogen-bond donors (Lipinski definition) is 0. The molecule has 0 amide bonds. The topological polar surface area (TPSA) is 17.1 Å². The molecule has 0 aliphatic heterocycles. The van der Waals surface area contributed by atoms with Gasteiger partial charge in [0.25, 0.3) is 0 Å². The van der Waals surface area contributed by atoms with Gasteiger partial charge >= 0.3 is 0 Å². The van der Waals surface area contributed by atoms with Crippen molar-refractivity contribution in [3.8, 4) is 0 Å². The van der Waals surface area contributed by atoms with Crippen molar-refractivity contribution in [2.24, 2.45) is 0 Å². The molecule has 0 saturated heterocycles. The zero-order chi connectivity index (χ0) is 11.3. The van der Waals surface area contributed by atoms with E-state index in [0.29, 0.717) is 0 Å². The van der Waals surface area contributed by atoms with E-state index in [-0.39, 0.29) is 5.78 Å². The molecule has 2 aliphatic carbocycles. The number of hydrogen-bond acceptors (Lipinski definition) is 1. The predicted molar refractivity (Wildman–Crippen MR) is 72.1 cm³/mol. The fourth-order valence-electron chi connectivity index (χ4n) is 2.02. The van der Waals surface area contributed by atoms with E-state index in [1.165, 1.54) is 0 Å². The molecule has 0 unspecified atom stereocenters. The van der Waals surface area contributed by atoms with Crippen molar-refractivity contribution < 1.29 is 4.79 Å². The van der Waals surface area contributed by atoms with Crippen LogP contribution in [0.1, 0.15) is 11.1 Å². The van der Waals surface area contributed by atoms with Crippen LogP contribution in [-0.4, -0.2) is 5.78 Å². The van der Waals surface area contributed by atoms with Crippen molar-refractivity contribution >= 4 is 49.3 Å². The van der Waals surface area contributed by atoms with Crippen LogP contribution in [0, 0.1) is 0 Å². The molecule has 1 nitrogen and oxygen atoms in total. The molecule has 1 aromatic rings. The van der Waals surface area contributed by atoms with E-state index in [1.54, 1.807) is 6.08 Å². The highest BCUT2D eigenvalue weighted by atomic mass is 79.9. The van der Waals surface area contributed by atoms with E-state index in [2.05, 4.69) is 31.9 Å². The van der Waals surface area contributed by atoms with E-state index in [9.17, 15) is 4.79 Å². The minimum Gasteiger partial charge on any atom is -0.289 e. The molecule has 0 spiro atoms. The van der Waals surface area contributed by atoms with E-state index in [4.69, 9.17) is 0 Å². The number of carbonyl (C=O) groups excluding carboxylic acids is 1. The zero-order valence-corrected chi connectivity index (χ0v) is 11.3. The Kier molecular flexibility index (Phi) is 2.26. The quantitative estimate of drug-likeness (QED) is 0.696. The Bertz CT molecular complexity index is 606. The third-order valence-electron chi connectivity index (χ3n) is 2.71. The van der Waals surface area contributed by atoms with Crippen LogP contribution in [0.2, 0.25) is 0 Å². The predicted octanol–water partition coefficient (Wildman–Crippen LogP) is 4.09. The second kappa shape index (κ2) is 3.54. The Morgan fingerprint density at radius 3 is 2.56 bits per heavy atom. The first-order valence-electron chi connectivity index (χ1n) is 4.80. The van der Waals surface area contributed by atoms with Gasteiger partial charge in [-0.1, -0.05) is 37.9 Å². The summed E-state index contributed by atoms with van der Waals surface area (Å²) in [6.45, 7) is 0. The van der Waals surface area contributed by atoms with Gasteiger partial charge in [-0.25, -0.2) is 0 Å². The standard InChI is InChI=1S/C13H6Br2O/c14-8-1-2-10-7(3-8)4-12-11(10)5-9(15)6-13(12)16/h1-6H. The van der Waals surface area contributed by atoms with E-state index < -0.39 is 0 Å². The highest BCUT2D eigenvalue weighted by Crippen LogP contribution is 2.40. The molecule has 0 bridgehead atoms. The number of ketones is 1. The van der Waals surface area contributed by atoms with E-state index in [1.807, 2.05) is 30.4 Å². The van der Waals surface area contributed by atoms with Gasteiger partial charge in [-0.05, 0) is 41.0 Å². The van der Waals surface area contributed by atoms with Gasteiger partial charge in [0, 0.05) is 20.6 Å². The molecule has 0 N–H and O–H groups in total. The largest absolute Gasteiger partial charge is 0.289 e. The van der Waals surface area contributed by atoms with Gasteiger partial charge in [-0.3, -0.25) is 4.79 Å². The lowest BCUT2D eigenvalue weighted by Crippen LogP contribution is -2.02. The van der Waals surface area contributed by atoms with Crippen LogP contribution in [0.15, 0.2) is 44.9 Å². The molecule has 3 rings (SSSR count). The summed E-state index contributed by atoms with van der Waals surface area (Å²) >= 11 is 6.79. The molecule has 16 heavy (non-hydrogen) atoms. The minimum absolute atomic E-state index is 0.0664. The second-order valence-corrected chi connectivity index (χ2v) is 5.57. The van der Waals surface area contributed by atoms with Crippen LogP contribution in [0.25, 0.3) is 11.6 Å². The first-order chi connectivity index (χ1) is 7.65. The van der Waals surface area contributed by atoms with Crippen molar-refractivity contribution in [3.63, 3.8) is 0 Å². The van der Waals surface area contributed by atoms with Gasteiger partial charge < -0.3 is 0 Å². The number of allylic oxidation sites excluding steroid dienone is 5. The number of halogens is 2. The van der Waals surface area contributed by atoms with Crippen LogP contribution in [0.3, 0.4) is 0 Å². The maximum absolute atomic E-state index is 11.8. The monoisotopic (exact) mass is 336 g/mol. The summed E-state index contributed by atoms with van der Waals surface area (Å²) in [6.07, 6.45) is 5.55. The average Bonchev–Trinajstić information content (AvgIpc) is 2.56. The van der Waals surface area contributed by atoms with Gasteiger partial charge in [0.1, 0.15) is 0 Å². The van der Waals surface area contributed by atoms with Crippen molar-refractivity contribution in [2.45, 2.75) is 0 Å². The molecule has 0 radical (unpaired) electrons. The summed E-state index contributed by atoms with van der Waals surface area (Å²) in [4.78, 5) is 11.8. The fraction of sp³-hybridized carbons (Fsp3) is 0. The highest BCUT2D eigenvalue weighted by Gasteiger charge is 2.25. The van der Waals surface area contributed by atoms with Gasteiger partial charge in [0.15, 0.2) is 5.78 Å². The zero-order valence-electron chi connectivity index (χ0n) is 8.13. The molecule has 0 saturated carbocycles. The Balaban J connectivity index is 2.26. The lowest BCUT2D eigenvalue weighted by atomic mass is 9.96. The molecular formula is C13H6Br2O. The van der Waals surface area contributed by atoms with E-state index >= 15 is 0 Å². The molecule has 78 valence electrons. The molecule has 2 aliphatic rings. The van der Waals surface area contributed by atoms with Gasteiger partial charge in [-0.2, -0.15) is 0 Å². The summed E-state index contributed by atoms with van der Waals surface area (Å²) in [6, 6.07) is 6.06. The smallest absolute Gasteiger partial charge is 0.187 e. The Morgan fingerprint density at radius 2 is 1.75 bits per heavy atom. The molecule has 0 atom stereocenters. The van der Waals surface area contributed by atoms with Crippen LogP contribution >= 0.6 is 31.9 Å². The van der Waals surface area contributed by atoms with Crippen LogP contribution in [0.5, 0.6) is 0 Å². The van der Waals surface area contributed by atoms with Gasteiger partial charge in [0.2, 0.25) is 0 Å². The van der Waals surface area contributed by atoms with Gasteiger partial charge in [-0.15, -0.1) is 0 Å². The molecule has 0 heterocycles. The molecule has 3 heteroatoms. The second-order valence-electron chi connectivity index (χ2n) is 3.74. The molecule has 0 aromatic heterocycles. The number of carbonyl (C=O) groups is 1. The summed E-state index contributed by atoms with van der Waals surface area (Å²) in [5.74, 6) is 0.0664.